The van der Waals surface area contributed by atoms with E-state index in [1.54, 1.807) is 13.8 Å². The molecule has 0 heterocycles. The summed E-state index contributed by atoms with van der Waals surface area (Å²) in [5.74, 6) is -1.09. The van der Waals surface area contributed by atoms with Crippen LogP contribution in [0, 0.1) is 5.41 Å². The standard InChI is InChI=1S/C9H17NO3.ClH/c1-4-5-6-12-9(11)8(10)13-7(2)3;/h7,10H,4-6H2,1-3H3;1H. The maximum absolute atomic E-state index is 11.0. The molecule has 0 atom stereocenters. The summed E-state index contributed by atoms with van der Waals surface area (Å²) < 4.78 is 9.61. The van der Waals surface area contributed by atoms with Gasteiger partial charge in [0.05, 0.1) is 12.7 Å². The van der Waals surface area contributed by atoms with E-state index >= 15 is 0 Å². The van der Waals surface area contributed by atoms with E-state index < -0.39 is 11.9 Å². The Labute approximate surface area is 90.9 Å². The molecule has 0 spiro atoms. The summed E-state index contributed by atoms with van der Waals surface area (Å²) in [5.41, 5.74) is 0. The number of nitrogens with one attached hydrogen (secondary N) is 1. The SMILES string of the molecule is CCCCOC(=O)C(=N)OC(C)C.Cl. The van der Waals surface area contributed by atoms with Gasteiger partial charge in [0.15, 0.2) is 0 Å². The van der Waals surface area contributed by atoms with Crippen molar-refractivity contribution < 1.29 is 14.3 Å². The average Bonchev–Trinajstić information content (AvgIpc) is 2.03. The van der Waals surface area contributed by atoms with Gasteiger partial charge in [-0.15, -0.1) is 12.4 Å². The first kappa shape index (κ1) is 15.7. The van der Waals surface area contributed by atoms with Crippen molar-refractivity contribution >= 4 is 24.3 Å². The molecule has 0 saturated carbocycles. The third-order valence-electron chi connectivity index (χ3n) is 1.27. The third-order valence-corrected chi connectivity index (χ3v) is 1.27. The lowest BCUT2D eigenvalue weighted by atomic mass is 10.4. The molecule has 0 aliphatic rings. The summed E-state index contributed by atoms with van der Waals surface area (Å²) in [4.78, 5) is 11.0. The monoisotopic (exact) mass is 223 g/mol. The second-order valence-electron chi connectivity index (χ2n) is 2.99. The lowest BCUT2D eigenvalue weighted by Crippen LogP contribution is -2.23. The topological polar surface area (TPSA) is 59.4 Å². The molecule has 0 aromatic carbocycles. The van der Waals surface area contributed by atoms with Crippen molar-refractivity contribution in [2.24, 2.45) is 0 Å². The predicted molar refractivity (Wildman–Crippen MR) is 57.1 cm³/mol. The van der Waals surface area contributed by atoms with E-state index in [9.17, 15) is 4.79 Å². The molecular formula is C9H18ClNO3. The molecule has 0 rings (SSSR count). The fourth-order valence-electron chi connectivity index (χ4n) is 0.659. The Morgan fingerprint density at radius 1 is 1.43 bits per heavy atom. The molecule has 0 unspecified atom stereocenters. The Balaban J connectivity index is 0. The van der Waals surface area contributed by atoms with Gasteiger partial charge in [0, 0.05) is 0 Å². The van der Waals surface area contributed by atoms with E-state index in [1.165, 1.54) is 0 Å². The predicted octanol–water partition coefficient (Wildman–Crippen LogP) is 2.15. The molecule has 0 radical (unpaired) electrons. The number of carbonyl (C=O) groups is 1. The van der Waals surface area contributed by atoms with Crippen molar-refractivity contribution in [2.75, 3.05) is 6.61 Å². The van der Waals surface area contributed by atoms with Gasteiger partial charge in [-0.3, -0.25) is 5.41 Å². The minimum Gasteiger partial charge on any atom is -0.470 e. The molecule has 84 valence electrons. The molecule has 0 aliphatic carbocycles. The Hall–Kier alpha value is -0.770. The summed E-state index contributed by atoms with van der Waals surface area (Å²) in [6.07, 6.45) is 1.62. The maximum Gasteiger partial charge on any atom is 0.393 e. The Morgan fingerprint density at radius 2 is 2.00 bits per heavy atom. The largest absolute Gasteiger partial charge is 0.470 e. The van der Waals surface area contributed by atoms with Crippen LogP contribution in [0.2, 0.25) is 0 Å². The molecule has 1 N–H and O–H groups in total. The van der Waals surface area contributed by atoms with E-state index in [0.717, 1.165) is 12.8 Å². The summed E-state index contributed by atoms with van der Waals surface area (Å²) >= 11 is 0. The normalized spacial score (nSPS) is 9.14. The highest BCUT2D eigenvalue weighted by atomic mass is 35.5. The highest BCUT2D eigenvalue weighted by Crippen LogP contribution is 1.94. The van der Waals surface area contributed by atoms with Crippen molar-refractivity contribution in [3.63, 3.8) is 0 Å². The lowest BCUT2D eigenvalue weighted by molar-refractivity contribution is -0.137. The Kier molecular flexibility index (Phi) is 9.88. The van der Waals surface area contributed by atoms with Crippen LogP contribution < -0.4 is 0 Å². The summed E-state index contributed by atoms with van der Waals surface area (Å²) in [6, 6.07) is 0. The van der Waals surface area contributed by atoms with Gasteiger partial charge in [-0.05, 0) is 20.3 Å². The van der Waals surface area contributed by atoms with Crippen molar-refractivity contribution in [3.05, 3.63) is 0 Å². The van der Waals surface area contributed by atoms with Gasteiger partial charge in [0.1, 0.15) is 0 Å². The third kappa shape index (κ3) is 7.86. The molecule has 14 heavy (non-hydrogen) atoms. The van der Waals surface area contributed by atoms with E-state index in [4.69, 9.17) is 14.9 Å². The number of esters is 1. The lowest BCUT2D eigenvalue weighted by Gasteiger charge is -2.09. The number of unbranched alkanes of at least 4 members (excludes halogenated alkanes) is 1. The van der Waals surface area contributed by atoms with E-state index in [-0.39, 0.29) is 18.5 Å². The van der Waals surface area contributed by atoms with Crippen LogP contribution in [0.3, 0.4) is 0 Å². The maximum atomic E-state index is 11.0. The number of hydrogen-bond donors (Lipinski definition) is 1. The molecular weight excluding hydrogens is 206 g/mol. The van der Waals surface area contributed by atoms with Crippen LogP contribution in [-0.4, -0.2) is 24.6 Å². The van der Waals surface area contributed by atoms with Gasteiger partial charge >= 0.3 is 5.97 Å². The number of hydrogen-bond acceptors (Lipinski definition) is 4. The highest BCUT2D eigenvalue weighted by Gasteiger charge is 2.13. The van der Waals surface area contributed by atoms with Crippen LogP contribution in [-0.2, 0) is 14.3 Å². The minimum atomic E-state index is -0.679. The van der Waals surface area contributed by atoms with Gasteiger partial charge in [0.25, 0.3) is 5.90 Å². The fourth-order valence-corrected chi connectivity index (χ4v) is 0.659. The second kappa shape index (κ2) is 8.81. The number of ether oxygens (including phenoxy) is 2. The number of rotatable bonds is 4. The van der Waals surface area contributed by atoms with E-state index in [1.807, 2.05) is 6.92 Å². The molecule has 4 nitrogen and oxygen atoms in total. The van der Waals surface area contributed by atoms with Crippen molar-refractivity contribution in [2.45, 2.75) is 39.7 Å². The van der Waals surface area contributed by atoms with Crippen LogP contribution >= 0.6 is 12.4 Å². The quantitative estimate of drug-likeness (QED) is 0.344. The average molecular weight is 224 g/mol. The highest BCUT2D eigenvalue weighted by molar-refractivity contribution is 6.31. The van der Waals surface area contributed by atoms with Crippen molar-refractivity contribution in [1.29, 1.82) is 5.41 Å². The van der Waals surface area contributed by atoms with Crippen LogP contribution in [0.15, 0.2) is 0 Å². The first-order chi connectivity index (χ1) is 6.07. The van der Waals surface area contributed by atoms with E-state index in [2.05, 4.69) is 0 Å². The van der Waals surface area contributed by atoms with Gasteiger partial charge in [0.2, 0.25) is 0 Å². The summed E-state index contributed by atoms with van der Waals surface area (Å²) in [6.45, 7) is 5.88. The van der Waals surface area contributed by atoms with Crippen LogP contribution in [0.25, 0.3) is 0 Å². The van der Waals surface area contributed by atoms with Gasteiger partial charge in [-0.25, -0.2) is 4.79 Å². The number of halogens is 1. The molecule has 0 fully saturated rings. The fraction of sp³-hybridized carbons (Fsp3) is 0.778. The first-order valence-corrected chi connectivity index (χ1v) is 4.50. The van der Waals surface area contributed by atoms with Crippen molar-refractivity contribution in [3.8, 4) is 0 Å². The summed E-state index contributed by atoms with van der Waals surface area (Å²) in [5, 5.41) is 7.16. The Morgan fingerprint density at radius 3 is 2.43 bits per heavy atom. The van der Waals surface area contributed by atoms with Crippen LogP contribution in [0.5, 0.6) is 0 Å². The molecule has 0 aromatic heterocycles. The zero-order chi connectivity index (χ0) is 10.3. The zero-order valence-electron chi connectivity index (χ0n) is 8.83. The van der Waals surface area contributed by atoms with Crippen LogP contribution in [0.1, 0.15) is 33.6 Å². The molecule has 0 saturated heterocycles. The van der Waals surface area contributed by atoms with Gasteiger partial charge in [-0.1, -0.05) is 13.3 Å². The number of carbonyl (C=O) groups excluding carboxylic acids is 1. The second-order valence-corrected chi connectivity index (χ2v) is 2.99. The molecule has 0 aliphatic heterocycles. The van der Waals surface area contributed by atoms with Gasteiger partial charge < -0.3 is 9.47 Å². The smallest absolute Gasteiger partial charge is 0.393 e. The van der Waals surface area contributed by atoms with Crippen LogP contribution in [0.4, 0.5) is 0 Å². The molecule has 0 bridgehead atoms. The zero-order valence-corrected chi connectivity index (χ0v) is 9.65. The molecule has 0 aromatic rings. The van der Waals surface area contributed by atoms with Gasteiger partial charge in [-0.2, -0.15) is 0 Å². The van der Waals surface area contributed by atoms with E-state index in [0.29, 0.717) is 6.61 Å². The first-order valence-electron chi connectivity index (χ1n) is 4.50. The minimum absolute atomic E-state index is 0. The molecule has 5 heteroatoms. The molecule has 0 amide bonds. The van der Waals surface area contributed by atoms with Crippen molar-refractivity contribution in [1.82, 2.24) is 0 Å². The summed E-state index contributed by atoms with van der Waals surface area (Å²) in [7, 11) is 0. The Bertz CT molecular complexity index is 183.